The molecule has 0 radical (unpaired) electrons. The molecule has 0 fully saturated rings. The fourth-order valence-corrected chi connectivity index (χ4v) is 1.89. The average Bonchev–Trinajstić information content (AvgIpc) is 2.71. The lowest BCUT2D eigenvalue weighted by atomic mass is 10.2. The molecule has 0 aliphatic carbocycles. The van der Waals surface area contributed by atoms with E-state index in [2.05, 4.69) is 21.6 Å². The van der Waals surface area contributed by atoms with Crippen molar-refractivity contribution in [1.82, 2.24) is 25.9 Å². The van der Waals surface area contributed by atoms with Gasteiger partial charge in [0.2, 0.25) is 5.95 Å². The van der Waals surface area contributed by atoms with Gasteiger partial charge in [0.25, 0.3) is 0 Å². The Kier molecular flexibility index (Phi) is 5.29. The van der Waals surface area contributed by atoms with Crippen LogP contribution in [0.3, 0.4) is 0 Å². The summed E-state index contributed by atoms with van der Waals surface area (Å²) in [5.74, 6) is 0.143. The number of allylic oxidation sites excluding steroid dienone is 1. The highest BCUT2D eigenvalue weighted by Gasteiger charge is 2.14. The lowest BCUT2D eigenvalue weighted by molar-refractivity contribution is 0.624. The van der Waals surface area contributed by atoms with E-state index in [4.69, 9.17) is 28.9 Å². The molecule has 0 bridgehead atoms. The molecular formula is C11H14Cl2N6. The van der Waals surface area contributed by atoms with Crippen LogP contribution in [0, 0.1) is 0 Å². The first-order valence-corrected chi connectivity index (χ1v) is 5.99. The van der Waals surface area contributed by atoms with Crippen LogP contribution in [0.1, 0.15) is 6.42 Å². The summed E-state index contributed by atoms with van der Waals surface area (Å²) in [5.41, 5.74) is 6.66. The molecule has 2 aromatic heterocycles. The SMILES string of the molecule is C=CCCn1cc(-c2nc(N)ncc2Cl)c(Cl)n1.N. The monoisotopic (exact) mass is 300 g/mol. The zero-order chi connectivity index (χ0) is 13.1. The van der Waals surface area contributed by atoms with Gasteiger partial charge < -0.3 is 11.9 Å². The maximum atomic E-state index is 6.07. The van der Waals surface area contributed by atoms with E-state index in [-0.39, 0.29) is 12.1 Å². The Hall–Kier alpha value is -1.63. The van der Waals surface area contributed by atoms with Gasteiger partial charge in [0.05, 0.1) is 22.5 Å². The van der Waals surface area contributed by atoms with E-state index < -0.39 is 0 Å². The van der Waals surface area contributed by atoms with Crippen molar-refractivity contribution in [1.29, 1.82) is 0 Å². The van der Waals surface area contributed by atoms with Gasteiger partial charge in [0.15, 0.2) is 5.15 Å². The molecule has 0 atom stereocenters. The van der Waals surface area contributed by atoms with Crippen LogP contribution in [0.4, 0.5) is 5.95 Å². The fourth-order valence-electron chi connectivity index (χ4n) is 1.46. The minimum absolute atomic E-state index is 0. The van der Waals surface area contributed by atoms with Gasteiger partial charge in [-0.1, -0.05) is 29.3 Å². The molecule has 0 saturated heterocycles. The molecule has 0 aliphatic heterocycles. The third-order valence-electron chi connectivity index (χ3n) is 2.30. The van der Waals surface area contributed by atoms with Crippen molar-refractivity contribution in [2.45, 2.75) is 13.0 Å². The molecule has 5 N–H and O–H groups in total. The summed E-state index contributed by atoms with van der Waals surface area (Å²) in [4.78, 5) is 7.88. The van der Waals surface area contributed by atoms with E-state index in [1.807, 2.05) is 6.08 Å². The van der Waals surface area contributed by atoms with E-state index in [0.717, 1.165) is 6.42 Å². The lowest BCUT2D eigenvalue weighted by Crippen LogP contribution is -1.97. The topological polar surface area (TPSA) is 105 Å². The van der Waals surface area contributed by atoms with Crippen LogP contribution in [-0.4, -0.2) is 19.7 Å². The first-order valence-electron chi connectivity index (χ1n) is 5.24. The highest BCUT2D eigenvalue weighted by Crippen LogP contribution is 2.30. The van der Waals surface area contributed by atoms with Gasteiger partial charge in [0, 0.05) is 12.7 Å². The Morgan fingerprint density at radius 1 is 1.42 bits per heavy atom. The third kappa shape index (κ3) is 3.44. The largest absolute Gasteiger partial charge is 0.368 e. The van der Waals surface area contributed by atoms with E-state index in [0.29, 0.717) is 28.0 Å². The van der Waals surface area contributed by atoms with Gasteiger partial charge in [-0.15, -0.1) is 6.58 Å². The number of anilines is 1. The van der Waals surface area contributed by atoms with E-state index in [1.54, 1.807) is 10.9 Å². The Morgan fingerprint density at radius 2 is 2.16 bits per heavy atom. The van der Waals surface area contributed by atoms with Crippen molar-refractivity contribution in [2.24, 2.45) is 0 Å². The molecule has 2 aromatic rings. The second-order valence-electron chi connectivity index (χ2n) is 3.60. The number of aryl methyl sites for hydroxylation is 1. The van der Waals surface area contributed by atoms with Crippen molar-refractivity contribution >= 4 is 29.2 Å². The zero-order valence-electron chi connectivity index (χ0n) is 10.2. The first-order chi connectivity index (χ1) is 8.61. The minimum atomic E-state index is 0. The standard InChI is InChI=1S/C11H11Cl2N5.H3N/c1-2-3-4-18-6-7(10(13)17-18)9-8(12)5-15-11(14)16-9;/h2,5-6H,1,3-4H2,(H2,14,15,16);1H3. The maximum absolute atomic E-state index is 6.07. The molecule has 6 nitrogen and oxygen atoms in total. The summed E-state index contributed by atoms with van der Waals surface area (Å²) in [7, 11) is 0. The average molecular weight is 301 g/mol. The van der Waals surface area contributed by atoms with Crippen LogP contribution in [0.5, 0.6) is 0 Å². The summed E-state index contributed by atoms with van der Waals surface area (Å²) in [6, 6.07) is 0. The zero-order valence-corrected chi connectivity index (χ0v) is 11.7. The van der Waals surface area contributed by atoms with E-state index in [1.165, 1.54) is 6.20 Å². The van der Waals surface area contributed by atoms with Gasteiger partial charge in [0.1, 0.15) is 0 Å². The molecule has 2 rings (SSSR count). The van der Waals surface area contributed by atoms with E-state index in [9.17, 15) is 0 Å². The highest BCUT2D eigenvalue weighted by molar-refractivity contribution is 6.35. The van der Waals surface area contributed by atoms with Gasteiger partial charge in [-0.05, 0) is 6.42 Å². The van der Waals surface area contributed by atoms with Gasteiger partial charge >= 0.3 is 0 Å². The van der Waals surface area contributed by atoms with Crippen LogP contribution in [0.25, 0.3) is 11.3 Å². The van der Waals surface area contributed by atoms with Gasteiger partial charge in [-0.3, -0.25) is 4.68 Å². The Balaban J connectivity index is 0.00000180. The van der Waals surface area contributed by atoms with Gasteiger partial charge in [-0.2, -0.15) is 5.10 Å². The molecule has 0 saturated carbocycles. The van der Waals surface area contributed by atoms with Crippen LogP contribution in [0.2, 0.25) is 10.2 Å². The first kappa shape index (κ1) is 15.4. The molecule has 0 spiro atoms. The summed E-state index contributed by atoms with van der Waals surface area (Å²) < 4.78 is 1.72. The molecule has 102 valence electrons. The number of hydrogen-bond donors (Lipinski definition) is 2. The number of rotatable bonds is 4. The lowest BCUT2D eigenvalue weighted by Gasteiger charge is -2.01. The molecule has 0 unspecified atom stereocenters. The van der Waals surface area contributed by atoms with Crippen LogP contribution in [0.15, 0.2) is 25.0 Å². The summed E-state index contributed by atoms with van der Waals surface area (Å²) >= 11 is 12.1. The van der Waals surface area contributed by atoms with Crippen LogP contribution < -0.4 is 11.9 Å². The Labute approximate surface area is 120 Å². The van der Waals surface area contributed by atoms with Crippen molar-refractivity contribution in [3.8, 4) is 11.3 Å². The number of hydrogen-bond acceptors (Lipinski definition) is 5. The van der Waals surface area contributed by atoms with E-state index >= 15 is 0 Å². The van der Waals surface area contributed by atoms with Gasteiger partial charge in [-0.25, -0.2) is 9.97 Å². The minimum Gasteiger partial charge on any atom is -0.368 e. The molecule has 0 aromatic carbocycles. The van der Waals surface area contributed by atoms with Crippen molar-refractivity contribution in [2.75, 3.05) is 5.73 Å². The number of nitrogens with two attached hydrogens (primary N) is 1. The molecule has 2 heterocycles. The number of halogens is 2. The molecule has 8 heteroatoms. The molecule has 0 amide bonds. The van der Waals surface area contributed by atoms with Crippen molar-refractivity contribution < 1.29 is 0 Å². The van der Waals surface area contributed by atoms with Crippen LogP contribution in [-0.2, 0) is 6.54 Å². The normalized spacial score (nSPS) is 10.0. The molecule has 0 aliphatic rings. The fraction of sp³-hybridized carbons (Fsp3) is 0.182. The smallest absolute Gasteiger partial charge is 0.220 e. The quantitative estimate of drug-likeness (QED) is 0.845. The highest BCUT2D eigenvalue weighted by atomic mass is 35.5. The second kappa shape index (κ2) is 6.51. The number of nitrogen functional groups attached to an aromatic ring is 1. The van der Waals surface area contributed by atoms with Crippen molar-refractivity contribution in [3.63, 3.8) is 0 Å². The maximum Gasteiger partial charge on any atom is 0.220 e. The van der Waals surface area contributed by atoms with Crippen LogP contribution >= 0.6 is 23.2 Å². The number of aromatic nitrogens is 4. The number of nitrogens with zero attached hydrogens (tertiary/aromatic N) is 4. The summed E-state index contributed by atoms with van der Waals surface area (Å²) in [6.45, 7) is 4.35. The molecule has 19 heavy (non-hydrogen) atoms. The second-order valence-corrected chi connectivity index (χ2v) is 4.36. The Bertz CT molecular complexity index is 581. The Morgan fingerprint density at radius 3 is 2.84 bits per heavy atom. The van der Waals surface area contributed by atoms with Crippen molar-refractivity contribution in [3.05, 3.63) is 35.2 Å². The predicted octanol–water partition coefficient (Wildman–Crippen LogP) is 2.97. The summed E-state index contributed by atoms with van der Waals surface area (Å²) in [5, 5.41) is 4.89. The molecular weight excluding hydrogens is 287 g/mol. The third-order valence-corrected chi connectivity index (χ3v) is 2.85. The predicted molar refractivity (Wildman–Crippen MR) is 77.5 cm³/mol. The summed E-state index contributed by atoms with van der Waals surface area (Å²) in [6.07, 6.45) is 5.83.